The number of piperazine rings is 1. The van der Waals surface area contributed by atoms with Crippen LogP contribution >= 0.6 is 0 Å². The predicted octanol–water partition coefficient (Wildman–Crippen LogP) is 3.33. The van der Waals surface area contributed by atoms with E-state index in [0.29, 0.717) is 19.4 Å². The topological polar surface area (TPSA) is 23.6 Å². The summed E-state index contributed by atoms with van der Waals surface area (Å²) in [5.74, 6) is -2.77. The highest BCUT2D eigenvalue weighted by atomic mass is 19.3. The minimum atomic E-state index is -2.59. The number of carbonyl (C=O) groups is 1. The number of amides is 1. The van der Waals surface area contributed by atoms with Crippen molar-refractivity contribution in [3.05, 3.63) is 35.9 Å². The Morgan fingerprint density at radius 3 is 2.43 bits per heavy atom. The minimum Gasteiger partial charge on any atom is -0.333 e. The Bertz CT molecular complexity index is 539. The van der Waals surface area contributed by atoms with Gasteiger partial charge in [0.25, 0.3) is 0 Å². The smallest absolute Gasteiger partial charge is 0.248 e. The molecule has 2 fully saturated rings. The van der Waals surface area contributed by atoms with Gasteiger partial charge in [-0.3, -0.25) is 4.79 Å². The first-order valence-corrected chi connectivity index (χ1v) is 8.38. The van der Waals surface area contributed by atoms with E-state index in [9.17, 15) is 13.6 Å². The number of likely N-dealkylation sites (N-methyl/N-ethyl adjacent to an activating group) is 1. The Morgan fingerprint density at radius 2 is 1.78 bits per heavy atom. The number of nitrogens with zero attached hydrogens (tertiary/aromatic N) is 2. The van der Waals surface area contributed by atoms with Crippen molar-refractivity contribution >= 4 is 5.91 Å². The zero-order chi connectivity index (χ0) is 16.4. The number of halogens is 2. The molecule has 3 rings (SSSR count). The van der Waals surface area contributed by atoms with Crippen LogP contribution in [0.5, 0.6) is 0 Å². The lowest BCUT2D eigenvalue weighted by Gasteiger charge is -2.42. The van der Waals surface area contributed by atoms with Crippen LogP contribution in [0.15, 0.2) is 30.3 Å². The number of carbonyl (C=O) groups excluding carboxylic acids is 1. The quantitative estimate of drug-likeness (QED) is 0.834. The highest BCUT2D eigenvalue weighted by Gasteiger charge is 2.40. The van der Waals surface area contributed by atoms with Gasteiger partial charge in [0.15, 0.2) is 0 Å². The van der Waals surface area contributed by atoms with E-state index in [4.69, 9.17) is 0 Å². The van der Waals surface area contributed by atoms with E-state index in [1.54, 1.807) is 0 Å². The number of benzene rings is 1. The van der Waals surface area contributed by atoms with Crippen LogP contribution in [0.3, 0.4) is 0 Å². The van der Waals surface area contributed by atoms with E-state index in [0.717, 1.165) is 18.7 Å². The Kier molecular flexibility index (Phi) is 4.67. The second-order valence-electron chi connectivity index (χ2n) is 6.85. The van der Waals surface area contributed by atoms with Crippen molar-refractivity contribution in [2.24, 2.45) is 5.92 Å². The van der Waals surface area contributed by atoms with Crippen molar-refractivity contribution in [3.63, 3.8) is 0 Å². The fraction of sp³-hybridized carbons (Fsp3) is 0.611. The number of hydrogen-bond donors (Lipinski definition) is 0. The molecular weight excluding hydrogens is 298 g/mol. The molecule has 23 heavy (non-hydrogen) atoms. The predicted molar refractivity (Wildman–Crippen MR) is 85.3 cm³/mol. The molecule has 2 aliphatic rings. The highest BCUT2D eigenvalue weighted by Crippen LogP contribution is 2.38. The summed E-state index contributed by atoms with van der Waals surface area (Å²) in [4.78, 5) is 17.1. The molecule has 1 saturated heterocycles. The van der Waals surface area contributed by atoms with Crippen LogP contribution in [0.2, 0.25) is 0 Å². The molecule has 1 aromatic carbocycles. The Morgan fingerprint density at radius 1 is 1.13 bits per heavy atom. The summed E-state index contributed by atoms with van der Waals surface area (Å²) in [6.07, 6.45) is 0.291. The van der Waals surface area contributed by atoms with Gasteiger partial charge in [-0.1, -0.05) is 30.3 Å². The molecule has 1 amide bonds. The number of hydrogen-bond acceptors (Lipinski definition) is 2. The molecule has 1 aliphatic heterocycles. The van der Waals surface area contributed by atoms with Crippen LogP contribution in [-0.2, 0) is 4.79 Å². The summed E-state index contributed by atoms with van der Waals surface area (Å²) in [5.41, 5.74) is 1.12. The molecule has 0 bridgehead atoms. The lowest BCUT2D eigenvalue weighted by atomic mass is 9.85. The molecule has 0 N–H and O–H groups in total. The third kappa shape index (κ3) is 3.71. The zero-order valence-electron chi connectivity index (χ0n) is 13.5. The lowest BCUT2D eigenvalue weighted by molar-refractivity contribution is -0.144. The molecule has 1 aromatic rings. The van der Waals surface area contributed by atoms with Crippen LogP contribution in [0.25, 0.3) is 0 Å². The van der Waals surface area contributed by atoms with Gasteiger partial charge < -0.3 is 9.80 Å². The SMILES string of the molecule is CN1CCN(C(=O)C2CCC(F)(F)CC2)C(c2ccccc2)C1. The van der Waals surface area contributed by atoms with Gasteiger partial charge in [-0.15, -0.1) is 0 Å². The second kappa shape index (κ2) is 6.56. The third-order valence-electron chi connectivity index (χ3n) is 5.12. The molecule has 0 aromatic heterocycles. The van der Waals surface area contributed by atoms with Crippen molar-refractivity contribution in [1.82, 2.24) is 9.80 Å². The molecule has 1 heterocycles. The second-order valence-corrected chi connectivity index (χ2v) is 6.85. The van der Waals surface area contributed by atoms with Gasteiger partial charge in [0.05, 0.1) is 6.04 Å². The summed E-state index contributed by atoms with van der Waals surface area (Å²) in [6, 6.07) is 10.0. The average Bonchev–Trinajstić information content (AvgIpc) is 2.55. The summed E-state index contributed by atoms with van der Waals surface area (Å²) >= 11 is 0. The molecule has 1 saturated carbocycles. The van der Waals surface area contributed by atoms with Gasteiger partial charge in [0.2, 0.25) is 11.8 Å². The van der Waals surface area contributed by atoms with E-state index in [2.05, 4.69) is 11.9 Å². The Balaban J connectivity index is 1.75. The van der Waals surface area contributed by atoms with Crippen LogP contribution in [0.1, 0.15) is 37.3 Å². The lowest BCUT2D eigenvalue weighted by Crippen LogP contribution is -2.51. The van der Waals surface area contributed by atoms with Crippen LogP contribution < -0.4 is 0 Å². The molecule has 1 atom stereocenters. The average molecular weight is 322 g/mol. The first-order chi connectivity index (χ1) is 11.0. The maximum atomic E-state index is 13.3. The van der Waals surface area contributed by atoms with E-state index in [-0.39, 0.29) is 30.7 Å². The molecule has 5 heteroatoms. The highest BCUT2D eigenvalue weighted by molar-refractivity contribution is 5.79. The largest absolute Gasteiger partial charge is 0.333 e. The zero-order valence-corrected chi connectivity index (χ0v) is 13.5. The van der Waals surface area contributed by atoms with Crippen molar-refractivity contribution in [2.75, 3.05) is 26.7 Å². The van der Waals surface area contributed by atoms with Gasteiger partial charge in [-0.25, -0.2) is 8.78 Å². The first-order valence-electron chi connectivity index (χ1n) is 8.38. The molecule has 1 aliphatic carbocycles. The fourth-order valence-electron chi connectivity index (χ4n) is 3.67. The van der Waals surface area contributed by atoms with E-state index < -0.39 is 5.92 Å². The Labute approximate surface area is 136 Å². The maximum absolute atomic E-state index is 13.3. The van der Waals surface area contributed by atoms with Gasteiger partial charge in [0.1, 0.15) is 0 Å². The van der Waals surface area contributed by atoms with Crippen molar-refractivity contribution in [1.29, 1.82) is 0 Å². The molecular formula is C18H24F2N2O. The molecule has 0 radical (unpaired) electrons. The molecule has 1 unspecified atom stereocenters. The molecule has 0 spiro atoms. The van der Waals surface area contributed by atoms with Crippen molar-refractivity contribution < 1.29 is 13.6 Å². The van der Waals surface area contributed by atoms with Crippen LogP contribution in [0.4, 0.5) is 8.78 Å². The summed E-state index contributed by atoms with van der Waals surface area (Å²) < 4.78 is 26.7. The van der Waals surface area contributed by atoms with Gasteiger partial charge in [-0.2, -0.15) is 0 Å². The van der Waals surface area contributed by atoms with E-state index in [1.807, 2.05) is 35.2 Å². The molecule has 126 valence electrons. The third-order valence-corrected chi connectivity index (χ3v) is 5.12. The summed E-state index contributed by atoms with van der Waals surface area (Å²) in [5, 5.41) is 0. The monoisotopic (exact) mass is 322 g/mol. The van der Waals surface area contributed by atoms with E-state index >= 15 is 0 Å². The van der Waals surface area contributed by atoms with E-state index in [1.165, 1.54) is 0 Å². The number of rotatable bonds is 2. The normalized spacial score (nSPS) is 26.2. The summed E-state index contributed by atoms with van der Waals surface area (Å²) in [7, 11) is 2.05. The first kappa shape index (κ1) is 16.4. The van der Waals surface area contributed by atoms with Crippen molar-refractivity contribution in [3.8, 4) is 0 Å². The van der Waals surface area contributed by atoms with Gasteiger partial charge in [-0.05, 0) is 25.5 Å². The minimum absolute atomic E-state index is 0.0184. The Hall–Kier alpha value is -1.49. The summed E-state index contributed by atoms with van der Waals surface area (Å²) in [6.45, 7) is 2.29. The molecule has 3 nitrogen and oxygen atoms in total. The maximum Gasteiger partial charge on any atom is 0.248 e. The van der Waals surface area contributed by atoms with Crippen LogP contribution in [0, 0.1) is 5.92 Å². The van der Waals surface area contributed by atoms with Gasteiger partial charge >= 0.3 is 0 Å². The van der Waals surface area contributed by atoms with Gasteiger partial charge in [0, 0.05) is 38.4 Å². The van der Waals surface area contributed by atoms with Crippen LogP contribution in [-0.4, -0.2) is 48.3 Å². The fourth-order valence-corrected chi connectivity index (χ4v) is 3.67. The number of alkyl halides is 2. The van der Waals surface area contributed by atoms with Crippen molar-refractivity contribution in [2.45, 2.75) is 37.6 Å². The standard InChI is InChI=1S/C18H24F2N2O/c1-21-11-12-22(16(13-21)14-5-3-2-4-6-14)17(23)15-7-9-18(19,20)10-8-15/h2-6,15-16H,7-13H2,1H3.